The van der Waals surface area contributed by atoms with Gasteiger partial charge >= 0.3 is 0 Å². The molecule has 0 radical (unpaired) electrons. The lowest BCUT2D eigenvalue weighted by Crippen LogP contribution is -2.45. The number of aliphatic imine (C=N–C) groups is 1. The number of hydrogen-bond acceptors (Lipinski definition) is 3. The molecule has 4 N–H and O–H groups in total. The van der Waals surface area contributed by atoms with Gasteiger partial charge in [-0.05, 0) is 37.5 Å². The second-order valence-corrected chi connectivity index (χ2v) is 5.68. The fourth-order valence-corrected chi connectivity index (χ4v) is 2.63. The number of hydrazine groups is 1. The minimum atomic E-state index is 0.384. The maximum atomic E-state index is 5.53. The van der Waals surface area contributed by atoms with E-state index < -0.39 is 0 Å². The van der Waals surface area contributed by atoms with Crippen LogP contribution in [0.2, 0.25) is 0 Å². The number of hydrogen-bond donors (Lipinski definition) is 3. The molecule has 0 spiro atoms. The zero-order valence-electron chi connectivity index (χ0n) is 11.4. The average molecular weight is 254 g/mol. The highest BCUT2D eigenvalue weighted by molar-refractivity contribution is 5.79. The average Bonchev–Trinajstić information content (AvgIpc) is 2.98. The molecule has 5 nitrogen and oxygen atoms in total. The largest absolute Gasteiger partial charge is 0.385 e. The molecule has 5 heteroatoms. The van der Waals surface area contributed by atoms with Gasteiger partial charge in [-0.1, -0.05) is 12.8 Å². The highest BCUT2D eigenvalue weighted by Gasteiger charge is 2.41. The number of nitrogens with two attached hydrogens (primary N) is 1. The lowest BCUT2D eigenvalue weighted by atomic mass is 10.0. The van der Waals surface area contributed by atoms with Crippen LogP contribution in [-0.4, -0.2) is 32.3 Å². The Morgan fingerprint density at radius 1 is 1.39 bits per heavy atom. The highest BCUT2D eigenvalue weighted by atomic mass is 16.5. The lowest BCUT2D eigenvalue weighted by molar-refractivity contribution is 0.174. The Balaban J connectivity index is 1.78. The van der Waals surface area contributed by atoms with Crippen LogP contribution in [-0.2, 0) is 4.74 Å². The molecule has 0 amide bonds. The quantitative estimate of drug-likeness (QED) is 0.288. The van der Waals surface area contributed by atoms with Gasteiger partial charge in [-0.15, -0.1) is 0 Å². The van der Waals surface area contributed by atoms with Gasteiger partial charge < -0.3 is 10.1 Å². The van der Waals surface area contributed by atoms with Crippen LogP contribution in [0, 0.1) is 5.41 Å². The number of rotatable bonds is 6. The summed E-state index contributed by atoms with van der Waals surface area (Å²) in [4.78, 5) is 4.61. The Hall–Kier alpha value is -0.810. The van der Waals surface area contributed by atoms with E-state index in [9.17, 15) is 0 Å². The summed E-state index contributed by atoms with van der Waals surface area (Å²) in [5, 5.41) is 3.40. The van der Waals surface area contributed by atoms with Crippen molar-refractivity contribution < 1.29 is 4.74 Å². The van der Waals surface area contributed by atoms with Gasteiger partial charge in [0.1, 0.15) is 0 Å². The molecule has 0 aromatic heterocycles. The van der Waals surface area contributed by atoms with E-state index in [4.69, 9.17) is 10.6 Å². The summed E-state index contributed by atoms with van der Waals surface area (Å²) < 4.78 is 5.15. The van der Waals surface area contributed by atoms with E-state index in [0.717, 1.165) is 25.5 Å². The number of guanidine groups is 1. The number of nitrogens with one attached hydrogen (secondary N) is 2. The van der Waals surface area contributed by atoms with Gasteiger partial charge in [0.25, 0.3) is 0 Å². The van der Waals surface area contributed by atoms with E-state index in [2.05, 4.69) is 15.7 Å². The summed E-state index contributed by atoms with van der Waals surface area (Å²) in [6.45, 7) is 1.69. The second-order valence-electron chi connectivity index (χ2n) is 5.68. The fraction of sp³-hybridized carbons (Fsp3) is 0.923. The smallest absolute Gasteiger partial charge is 0.205 e. The molecule has 0 bridgehead atoms. The van der Waals surface area contributed by atoms with Crippen LogP contribution >= 0.6 is 0 Å². The monoisotopic (exact) mass is 254 g/mol. The van der Waals surface area contributed by atoms with Gasteiger partial charge in [-0.2, -0.15) is 0 Å². The zero-order chi connectivity index (χ0) is 12.8. The Morgan fingerprint density at radius 2 is 2.11 bits per heavy atom. The van der Waals surface area contributed by atoms with Crippen LogP contribution in [0.4, 0.5) is 0 Å². The van der Waals surface area contributed by atoms with Gasteiger partial charge in [0, 0.05) is 26.3 Å². The summed E-state index contributed by atoms with van der Waals surface area (Å²) in [6.07, 6.45) is 8.72. The Kier molecular flexibility index (Phi) is 4.83. The van der Waals surface area contributed by atoms with Crippen LogP contribution in [0.3, 0.4) is 0 Å². The molecule has 0 aliphatic heterocycles. The molecule has 2 rings (SSSR count). The molecule has 0 aromatic rings. The molecular formula is C13H26N4O. The normalized spacial score (nSPS) is 23.1. The number of methoxy groups -OCH3 is 1. The van der Waals surface area contributed by atoms with Crippen molar-refractivity contribution in [1.82, 2.24) is 10.7 Å². The first kappa shape index (κ1) is 13.6. The first-order chi connectivity index (χ1) is 8.78. The standard InChI is InChI=1S/C13H26N4O/c1-18-9-8-13(6-7-13)10-15-12(17-14)16-11-4-2-3-5-11/h11H,2-10,14H2,1H3,(H2,15,16,17). The lowest BCUT2D eigenvalue weighted by Gasteiger charge is -2.17. The SMILES string of the molecule is COCCC1(CN=C(NN)NC2CCCC2)CC1. The van der Waals surface area contributed by atoms with Crippen molar-refractivity contribution in [2.45, 2.75) is 51.0 Å². The van der Waals surface area contributed by atoms with Crippen LogP contribution < -0.4 is 16.6 Å². The minimum absolute atomic E-state index is 0.384. The van der Waals surface area contributed by atoms with Crippen LogP contribution in [0.5, 0.6) is 0 Å². The predicted molar refractivity (Wildman–Crippen MR) is 73.2 cm³/mol. The maximum Gasteiger partial charge on any atom is 0.205 e. The van der Waals surface area contributed by atoms with Crippen molar-refractivity contribution in [3.8, 4) is 0 Å². The fourth-order valence-electron chi connectivity index (χ4n) is 2.63. The van der Waals surface area contributed by atoms with Crippen LogP contribution in [0.15, 0.2) is 4.99 Å². The Bertz CT molecular complexity index is 283. The van der Waals surface area contributed by atoms with Crippen molar-refractivity contribution in [3.05, 3.63) is 0 Å². The topological polar surface area (TPSA) is 71.7 Å². The molecule has 2 aliphatic carbocycles. The van der Waals surface area contributed by atoms with Gasteiger partial charge in [0.2, 0.25) is 5.96 Å². The van der Waals surface area contributed by atoms with E-state index in [0.29, 0.717) is 11.5 Å². The summed E-state index contributed by atoms with van der Waals surface area (Å²) in [5.41, 5.74) is 3.08. The van der Waals surface area contributed by atoms with Crippen molar-refractivity contribution in [2.75, 3.05) is 20.3 Å². The summed E-state index contributed by atoms with van der Waals surface area (Å²) in [7, 11) is 1.76. The van der Waals surface area contributed by atoms with Gasteiger partial charge in [-0.3, -0.25) is 10.4 Å². The first-order valence-electron chi connectivity index (χ1n) is 7.04. The molecule has 2 fully saturated rings. The van der Waals surface area contributed by atoms with E-state index in [-0.39, 0.29) is 0 Å². The third-order valence-electron chi connectivity index (χ3n) is 4.20. The van der Waals surface area contributed by atoms with Gasteiger partial charge in [-0.25, -0.2) is 5.84 Å². The number of ether oxygens (including phenoxy) is 1. The van der Waals surface area contributed by atoms with Crippen LogP contribution in [0.25, 0.3) is 0 Å². The molecule has 0 heterocycles. The van der Waals surface area contributed by atoms with E-state index in [1.165, 1.54) is 38.5 Å². The van der Waals surface area contributed by atoms with E-state index >= 15 is 0 Å². The van der Waals surface area contributed by atoms with Crippen molar-refractivity contribution in [1.29, 1.82) is 0 Å². The van der Waals surface area contributed by atoms with Crippen molar-refractivity contribution >= 4 is 5.96 Å². The molecule has 18 heavy (non-hydrogen) atoms. The first-order valence-corrected chi connectivity index (χ1v) is 7.04. The molecule has 0 aromatic carbocycles. The third-order valence-corrected chi connectivity index (χ3v) is 4.20. The predicted octanol–water partition coefficient (Wildman–Crippen LogP) is 1.15. The third kappa shape index (κ3) is 3.85. The van der Waals surface area contributed by atoms with Crippen molar-refractivity contribution in [2.24, 2.45) is 16.3 Å². The highest BCUT2D eigenvalue weighted by Crippen LogP contribution is 2.48. The molecule has 0 atom stereocenters. The maximum absolute atomic E-state index is 5.53. The van der Waals surface area contributed by atoms with E-state index in [1.807, 2.05) is 0 Å². The summed E-state index contributed by atoms with van der Waals surface area (Å²) in [5.74, 6) is 6.29. The molecular weight excluding hydrogens is 228 g/mol. The second kappa shape index (κ2) is 6.38. The molecule has 0 saturated heterocycles. The van der Waals surface area contributed by atoms with Crippen molar-refractivity contribution in [3.63, 3.8) is 0 Å². The molecule has 2 saturated carbocycles. The van der Waals surface area contributed by atoms with Gasteiger partial charge in [0.05, 0.1) is 0 Å². The number of nitrogens with zero attached hydrogens (tertiary/aromatic N) is 1. The minimum Gasteiger partial charge on any atom is -0.385 e. The zero-order valence-corrected chi connectivity index (χ0v) is 11.4. The van der Waals surface area contributed by atoms with E-state index in [1.54, 1.807) is 7.11 Å². The Morgan fingerprint density at radius 3 is 2.67 bits per heavy atom. The Labute approximate surface area is 110 Å². The van der Waals surface area contributed by atoms with Gasteiger partial charge in [0.15, 0.2) is 0 Å². The molecule has 0 unspecified atom stereocenters. The summed E-state index contributed by atoms with van der Waals surface area (Å²) in [6, 6.07) is 0.550. The molecule has 104 valence electrons. The van der Waals surface area contributed by atoms with Crippen LogP contribution in [0.1, 0.15) is 44.9 Å². The molecule has 2 aliphatic rings. The summed E-state index contributed by atoms with van der Waals surface area (Å²) >= 11 is 0.